The Morgan fingerprint density at radius 1 is 1.30 bits per heavy atom. The van der Waals surface area contributed by atoms with Crippen LogP contribution < -0.4 is 5.73 Å². The summed E-state index contributed by atoms with van der Waals surface area (Å²) in [4.78, 5) is 12.9. The Morgan fingerprint density at radius 3 is 2.40 bits per heavy atom. The van der Waals surface area contributed by atoms with E-state index in [2.05, 4.69) is 19.6 Å². The molecule has 0 aromatic rings. The fourth-order valence-corrected chi connectivity index (χ4v) is 3.88. The molecule has 1 aliphatic carbocycles. The van der Waals surface area contributed by atoms with Crippen molar-refractivity contribution in [3.05, 3.63) is 0 Å². The maximum Gasteiger partial charge on any atom is 0.407 e. The first kappa shape index (κ1) is 17.5. The molecule has 1 amide bonds. The van der Waals surface area contributed by atoms with Gasteiger partial charge in [-0.05, 0) is 18.4 Å². The second-order valence-electron chi connectivity index (χ2n) is 7.54. The lowest BCUT2D eigenvalue weighted by atomic mass is 9.85. The molecule has 1 rings (SSSR count). The SMILES string of the molecule is C[Si](C)(C)CCN(C[C@H](N)CC1CCCCC1)C(=O)O. The smallest absolute Gasteiger partial charge is 0.407 e. The maximum atomic E-state index is 11.3. The van der Waals surface area contributed by atoms with Crippen LogP contribution in [0.1, 0.15) is 38.5 Å². The zero-order valence-electron chi connectivity index (χ0n) is 13.4. The van der Waals surface area contributed by atoms with Gasteiger partial charge in [0.2, 0.25) is 0 Å². The average molecular weight is 301 g/mol. The Kier molecular flexibility index (Phi) is 7.02. The van der Waals surface area contributed by atoms with E-state index in [0.29, 0.717) is 19.0 Å². The number of carboxylic acid groups (broad SMARTS) is 1. The third kappa shape index (κ3) is 7.29. The summed E-state index contributed by atoms with van der Waals surface area (Å²) in [6.07, 6.45) is 6.69. The van der Waals surface area contributed by atoms with Gasteiger partial charge in [-0.2, -0.15) is 0 Å². The third-order valence-corrected chi connectivity index (χ3v) is 5.94. The van der Waals surface area contributed by atoms with Gasteiger partial charge in [0.05, 0.1) is 0 Å². The Hall–Kier alpha value is -0.553. The molecule has 0 spiro atoms. The van der Waals surface area contributed by atoms with Gasteiger partial charge in [-0.1, -0.05) is 51.7 Å². The average Bonchev–Trinajstić information content (AvgIpc) is 2.34. The Labute approximate surface area is 124 Å². The molecule has 0 aliphatic heterocycles. The van der Waals surface area contributed by atoms with Crippen LogP contribution in [0, 0.1) is 5.92 Å². The minimum Gasteiger partial charge on any atom is -0.465 e. The van der Waals surface area contributed by atoms with Gasteiger partial charge in [-0.15, -0.1) is 0 Å². The van der Waals surface area contributed by atoms with Crippen LogP contribution in [0.5, 0.6) is 0 Å². The van der Waals surface area contributed by atoms with Crippen molar-refractivity contribution in [3.63, 3.8) is 0 Å². The summed E-state index contributed by atoms with van der Waals surface area (Å²) in [6.45, 7) is 7.96. The van der Waals surface area contributed by atoms with E-state index >= 15 is 0 Å². The molecule has 4 nitrogen and oxygen atoms in total. The summed E-state index contributed by atoms with van der Waals surface area (Å²) < 4.78 is 0. The molecule has 118 valence electrons. The van der Waals surface area contributed by atoms with E-state index < -0.39 is 14.2 Å². The van der Waals surface area contributed by atoms with Gasteiger partial charge in [0.25, 0.3) is 0 Å². The van der Waals surface area contributed by atoms with Crippen molar-refractivity contribution in [2.45, 2.75) is 70.3 Å². The maximum absolute atomic E-state index is 11.3. The molecule has 3 N–H and O–H groups in total. The number of hydrogen-bond acceptors (Lipinski definition) is 2. The molecule has 1 fully saturated rings. The summed E-state index contributed by atoms with van der Waals surface area (Å²) in [5, 5.41) is 9.31. The number of rotatable bonds is 7. The number of nitrogens with zero attached hydrogens (tertiary/aromatic N) is 1. The van der Waals surface area contributed by atoms with Crippen molar-refractivity contribution in [2.75, 3.05) is 13.1 Å². The molecular formula is C15H32N2O2Si. The number of amides is 1. The van der Waals surface area contributed by atoms with E-state index in [0.717, 1.165) is 12.5 Å². The first-order chi connectivity index (χ1) is 9.28. The normalized spacial score (nSPS) is 18.8. The van der Waals surface area contributed by atoms with Gasteiger partial charge in [0.1, 0.15) is 0 Å². The molecule has 5 heteroatoms. The Balaban J connectivity index is 2.37. The molecule has 0 saturated heterocycles. The van der Waals surface area contributed by atoms with E-state index in [1.165, 1.54) is 37.0 Å². The molecule has 0 unspecified atom stereocenters. The summed E-state index contributed by atoms with van der Waals surface area (Å²) in [6, 6.07) is 1.01. The lowest BCUT2D eigenvalue weighted by molar-refractivity contribution is 0.142. The fraction of sp³-hybridized carbons (Fsp3) is 0.933. The first-order valence-corrected chi connectivity index (χ1v) is 11.7. The predicted molar refractivity (Wildman–Crippen MR) is 86.9 cm³/mol. The topological polar surface area (TPSA) is 66.6 Å². The zero-order chi connectivity index (χ0) is 15.2. The highest BCUT2D eigenvalue weighted by atomic mass is 28.3. The predicted octanol–water partition coefficient (Wildman–Crippen LogP) is 3.60. The minimum atomic E-state index is -1.21. The molecule has 0 bridgehead atoms. The lowest BCUT2D eigenvalue weighted by Gasteiger charge is -2.29. The van der Waals surface area contributed by atoms with Crippen molar-refractivity contribution in [1.82, 2.24) is 4.90 Å². The van der Waals surface area contributed by atoms with Crippen LogP contribution in [0.2, 0.25) is 25.7 Å². The first-order valence-electron chi connectivity index (χ1n) is 8.01. The van der Waals surface area contributed by atoms with E-state index in [4.69, 9.17) is 5.73 Å². The lowest BCUT2D eigenvalue weighted by Crippen LogP contribution is -2.43. The fourth-order valence-electron chi connectivity index (χ4n) is 2.94. The zero-order valence-corrected chi connectivity index (χ0v) is 14.4. The molecule has 1 saturated carbocycles. The molecule has 0 heterocycles. The van der Waals surface area contributed by atoms with Crippen molar-refractivity contribution in [3.8, 4) is 0 Å². The second kappa shape index (κ2) is 8.03. The largest absolute Gasteiger partial charge is 0.465 e. The monoisotopic (exact) mass is 300 g/mol. The highest BCUT2D eigenvalue weighted by Crippen LogP contribution is 2.27. The van der Waals surface area contributed by atoms with Crippen molar-refractivity contribution in [1.29, 1.82) is 0 Å². The van der Waals surface area contributed by atoms with Gasteiger partial charge in [0, 0.05) is 27.2 Å². The van der Waals surface area contributed by atoms with Crippen molar-refractivity contribution in [2.24, 2.45) is 11.7 Å². The van der Waals surface area contributed by atoms with Crippen LogP contribution in [0.3, 0.4) is 0 Å². The highest BCUT2D eigenvalue weighted by molar-refractivity contribution is 6.76. The van der Waals surface area contributed by atoms with Crippen LogP contribution in [-0.2, 0) is 0 Å². The number of hydrogen-bond donors (Lipinski definition) is 2. The van der Waals surface area contributed by atoms with Crippen LogP contribution in [0.25, 0.3) is 0 Å². The van der Waals surface area contributed by atoms with Gasteiger partial charge < -0.3 is 15.7 Å². The van der Waals surface area contributed by atoms with Gasteiger partial charge in [0.15, 0.2) is 0 Å². The van der Waals surface area contributed by atoms with Crippen molar-refractivity contribution >= 4 is 14.2 Å². The van der Waals surface area contributed by atoms with Crippen LogP contribution in [-0.4, -0.2) is 43.3 Å². The molecule has 0 radical (unpaired) electrons. The summed E-state index contributed by atoms with van der Waals surface area (Å²) in [5.41, 5.74) is 6.19. The molecule has 1 atom stereocenters. The standard InChI is InChI=1S/C15H32N2O2Si/c1-20(2,3)10-9-17(15(18)19)12-14(16)11-13-7-5-4-6-8-13/h13-14H,4-12,16H2,1-3H3,(H,18,19)/t14-/m1/s1. The molecular weight excluding hydrogens is 268 g/mol. The van der Waals surface area contributed by atoms with Crippen LogP contribution in [0.4, 0.5) is 4.79 Å². The number of nitrogens with two attached hydrogens (primary N) is 1. The van der Waals surface area contributed by atoms with E-state index in [9.17, 15) is 9.90 Å². The minimum absolute atomic E-state index is 0.00386. The summed E-state index contributed by atoms with van der Waals surface area (Å²) >= 11 is 0. The molecule has 0 aromatic carbocycles. The van der Waals surface area contributed by atoms with E-state index in [-0.39, 0.29) is 6.04 Å². The molecule has 20 heavy (non-hydrogen) atoms. The second-order valence-corrected chi connectivity index (χ2v) is 13.2. The quantitative estimate of drug-likeness (QED) is 0.706. The summed E-state index contributed by atoms with van der Waals surface area (Å²) in [7, 11) is -1.21. The Bertz CT molecular complexity index is 299. The van der Waals surface area contributed by atoms with Crippen molar-refractivity contribution < 1.29 is 9.90 Å². The summed E-state index contributed by atoms with van der Waals surface area (Å²) in [5.74, 6) is 0.714. The molecule has 0 aromatic heterocycles. The van der Waals surface area contributed by atoms with E-state index in [1.807, 2.05) is 0 Å². The van der Waals surface area contributed by atoms with E-state index in [1.54, 1.807) is 0 Å². The Morgan fingerprint density at radius 2 is 1.90 bits per heavy atom. The third-order valence-electron chi connectivity index (χ3n) is 4.22. The van der Waals surface area contributed by atoms with Gasteiger partial charge in [-0.25, -0.2) is 4.79 Å². The highest BCUT2D eigenvalue weighted by Gasteiger charge is 2.22. The van der Waals surface area contributed by atoms with Gasteiger partial charge >= 0.3 is 6.09 Å². The number of carbonyl (C=O) groups is 1. The van der Waals surface area contributed by atoms with Crippen LogP contribution in [0.15, 0.2) is 0 Å². The van der Waals surface area contributed by atoms with Gasteiger partial charge in [-0.3, -0.25) is 0 Å². The molecule has 1 aliphatic rings. The van der Waals surface area contributed by atoms with Crippen LogP contribution >= 0.6 is 0 Å².